The monoisotopic (exact) mass is 370 g/mol. The van der Waals surface area contributed by atoms with Gasteiger partial charge < -0.3 is 10.2 Å². The first-order valence-corrected chi connectivity index (χ1v) is 8.79. The second-order valence-electron chi connectivity index (χ2n) is 5.58. The highest BCUT2D eigenvalue weighted by Crippen LogP contribution is 2.30. The predicted octanol–water partition coefficient (Wildman–Crippen LogP) is 3.12. The SMILES string of the molecule is CC(N)C1CCN(Cc2nnc(-c3ccc(Br)s3)o2)CC1. The number of hydrogen-bond donors (Lipinski definition) is 1. The van der Waals surface area contributed by atoms with Gasteiger partial charge in [0.05, 0.1) is 15.2 Å². The fourth-order valence-electron chi connectivity index (χ4n) is 2.67. The minimum atomic E-state index is 0.291. The summed E-state index contributed by atoms with van der Waals surface area (Å²) >= 11 is 5.04. The largest absolute Gasteiger partial charge is 0.419 e. The van der Waals surface area contributed by atoms with Gasteiger partial charge in [-0.05, 0) is 66.8 Å². The minimum Gasteiger partial charge on any atom is -0.419 e. The highest BCUT2D eigenvalue weighted by Gasteiger charge is 2.23. The molecular formula is C14H19BrN4OS. The molecule has 21 heavy (non-hydrogen) atoms. The van der Waals surface area contributed by atoms with Gasteiger partial charge in [0.25, 0.3) is 5.89 Å². The topological polar surface area (TPSA) is 68.2 Å². The molecule has 0 amide bonds. The van der Waals surface area contributed by atoms with E-state index in [1.165, 1.54) is 0 Å². The van der Waals surface area contributed by atoms with Crippen molar-refractivity contribution in [3.8, 4) is 10.8 Å². The lowest BCUT2D eigenvalue weighted by atomic mass is 9.91. The van der Waals surface area contributed by atoms with E-state index in [4.69, 9.17) is 10.2 Å². The standard InChI is InChI=1S/C14H19BrN4OS/c1-9(16)10-4-6-19(7-5-10)8-13-17-18-14(20-13)11-2-3-12(15)21-11/h2-3,9-10H,4-8,16H2,1H3. The third-order valence-corrected chi connectivity index (χ3v) is 5.60. The third-order valence-electron chi connectivity index (χ3n) is 3.99. The van der Waals surface area contributed by atoms with Crippen LogP contribution in [0.15, 0.2) is 20.3 Å². The van der Waals surface area contributed by atoms with Crippen LogP contribution in [0.1, 0.15) is 25.7 Å². The van der Waals surface area contributed by atoms with E-state index in [2.05, 4.69) is 38.0 Å². The molecule has 114 valence electrons. The Balaban J connectivity index is 1.58. The Morgan fingerprint density at radius 1 is 1.43 bits per heavy atom. The number of nitrogens with two attached hydrogens (primary N) is 1. The van der Waals surface area contributed by atoms with Crippen molar-refractivity contribution in [2.45, 2.75) is 32.4 Å². The summed E-state index contributed by atoms with van der Waals surface area (Å²) in [6, 6.07) is 4.27. The first-order valence-electron chi connectivity index (χ1n) is 7.18. The summed E-state index contributed by atoms with van der Waals surface area (Å²) < 4.78 is 6.83. The summed E-state index contributed by atoms with van der Waals surface area (Å²) in [7, 11) is 0. The summed E-state index contributed by atoms with van der Waals surface area (Å²) in [6.07, 6.45) is 2.30. The maximum absolute atomic E-state index is 5.97. The van der Waals surface area contributed by atoms with Crippen LogP contribution in [0.25, 0.3) is 10.8 Å². The Morgan fingerprint density at radius 2 is 2.19 bits per heavy atom. The molecular weight excluding hydrogens is 352 g/mol. The number of aromatic nitrogens is 2. The highest BCUT2D eigenvalue weighted by atomic mass is 79.9. The first kappa shape index (κ1) is 15.1. The van der Waals surface area contributed by atoms with E-state index in [1.54, 1.807) is 11.3 Å². The Kier molecular flexibility index (Phi) is 4.73. The molecule has 1 aliphatic rings. The van der Waals surface area contributed by atoms with Gasteiger partial charge in [-0.15, -0.1) is 21.5 Å². The van der Waals surface area contributed by atoms with Crippen molar-refractivity contribution >= 4 is 27.3 Å². The fraction of sp³-hybridized carbons (Fsp3) is 0.571. The lowest BCUT2D eigenvalue weighted by molar-refractivity contribution is 0.154. The first-order chi connectivity index (χ1) is 10.1. The molecule has 1 saturated heterocycles. The summed E-state index contributed by atoms with van der Waals surface area (Å²) in [5.41, 5.74) is 5.97. The van der Waals surface area contributed by atoms with Crippen LogP contribution >= 0.6 is 27.3 Å². The quantitative estimate of drug-likeness (QED) is 0.895. The number of hydrogen-bond acceptors (Lipinski definition) is 6. The van der Waals surface area contributed by atoms with Gasteiger partial charge in [0.1, 0.15) is 0 Å². The van der Waals surface area contributed by atoms with Gasteiger partial charge in [0.2, 0.25) is 5.89 Å². The van der Waals surface area contributed by atoms with Gasteiger partial charge in [-0.3, -0.25) is 4.90 Å². The maximum atomic E-state index is 5.97. The maximum Gasteiger partial charge on any atom is 0.257 e. The van der Waals surface area contributed by atoms with E-state index >= 15 is 0 Å². The molecule has 1 fully saturated rings. The molecule has 0 saturated carbocycles. The second kappa shape index (κ2) is 6.56. The van der Waals surface area contributed by atoms with Crippen LogP contribution in [0.2, 0.25) is 0 Å². The molecule has 0 spiro atoms. The molecule has 1 aliphatic heterocycles. The van der Waals surface area contributed by atoms with Crippen LogP contribution in [-0.2, 0) is 6.54 Å². The number of likely N-dealkylation sites (tertiary alicyclic amines) is 1. The Bertz CT molecular complexity index is 589. The van der Waals surface area contributed by atoms with Gasteiger partial charge in [-0.2, -0.15) is 0 Å². The van der Waals surface area contributed by atoms with Gasteiger partial charge in [0, 0.05) is 6.04 Å². The number of thiophene rings is 1. The van der Waals surface area contributed by atoms with E-state index in [0.29, 0.717) is 23.7 Å². The molecule has 0 radical (unpaired) electrons. The van der Waals surface area contributed by atoms with Crippen LogP contribution in [0.3, 0.4) is 0 Å². The molecule has 3 rings (SSSR count). The van der Waals surface area contributed by atoms with E-state index in [-0.39, 0.29) is 0 Å². The zero-order valence-electron chi connectivity index (χ0n) is 12.0. The van der Waals surface area contributed by atoms with Crippen molar-refractivity contribution in [2.75, 3.05) is 13.1 Å². The van der Waals surface area contributed by atoms with E-state index in [1.807, 2.05) is 12.1 Å². The molecule has 2 aromatic heterocycles. The number of rotatable bonds is 4. The van der Waals surface area contributed by atoms with Crippen LogP contribution < -0.4 is 5.73 Å². The molecule has 0 aromatic carbocycles. The summed E-state index contributed by atoms with van der Waals surface area (Å²) in [5, 5.41) is 8.29. The van der Waals surface area contributed by atoms with Crippen molar-refractivity contribution in [2.24, 2.45) is 11.7 Å². The average Bonchev–Trinajstić information content (AvgIpc) is 3.08. The number of halogens is 1. The van der Waals surface area contributed by atoms with E-state index < -0.39 is 0 Å². The molecule has 7 heteroatoms. The molecule has 1 atom stereocenters. The average molecular weight is 371 g/mol. The van der Waals surface area contributed by atoms with Crippen molar-refractivity contribution in [1.82, 2.24) is 15.1 Å². The molecule has 0 bridgehead atoms. The molecule has 2 aromatic rings. The van der Waals surface area contributed by atoms with Gasteiger partial charge in [0.15, 0.2) is 0 Å². The predicted molar refractivity (Wildman–Crippen MR) is 87.0 cm³/mol. The molecule has 2 N–H and O–H groups in total. The lowest BCUT2D eigenvalue weighted by Crippen LogP contribution is -2.39. The van der Waals surface area contributed by atoms with E-state index in [9.17, 15) is 0 Å². The minimum absolute atomic E-state index is 0.291. The summed E-state index contributed by atoms with van der Waals surface area (Å²) in [4.78, 5) is 3.36. The molecule has 1 unspecified atom stereocenters. The van der Waals surface area contributed by atoms with Gasteiger partial charge in [-0.25, -0.2) is 0 Å². The van der Waals surface area contributed by atoms with E-state index in [0.717, 1.165) is 41.1 Å². The Labute approximate surface area is 136 Å². The summed E-state index contributed by atoms with van der Waals surface area (Å²) in [6.45, 7) is 4.93. The zero-order valence-corrected chi connectivity index (χ0v) is 14.4. The van der Waals surface area contributed by atoms with Gasteiger partial charge >= 0.3 is 0 Å². The number of nitrogens with zero attached hydrogens (tertiary/aromatic N) is 3. The fourth-order valence-corrected chi connectivity index (χ4v) is 3.98. The van der Waals surface area contributed by atoms with Crippen LogP contribution in [0, 0.1) is 5.92 Å². The Hall–Kier alpha value is -0.760. The normalized spacial score (nSPS) is 19.0. The van der Waals surface area contributed by atoms with Crippen molar-refractivity contribution in [1.29, 1.82) is 0 Å². The van der Waals surface area contributed by atoms with Crippen molar-refractivity contribution < 1.29 is 4.42 Å². The smallest absolute Gasteiger partial charge is 0.257 e. The third kappa shape index (κ3) is 3.71. The number of piperidine rings is 1. The zero-order chi connectivity index (χ0) is 14.8. The Morgan fingerprint density at radius 3 is 2.81 bits per heavy atom. The second-order valence-corrected chi connectivity index (χ2v) is 8.04. The lowest BCUT2D eigenvalue weighted by Gasteiger charge is -2.32. The summed E-state index contributed by atoms with van der Waals surface area (Å²) in [5.74, 6) is 1.93. The van der Waals surface area contributed by atoms with Crippen LogP contribution in [0.5, 0.6) is 0 Å². The van der Waals surface area contributed by atoms with Crippen molar-refractivity contribution in [3.05, 3.63) is 21.8 Å². The van der Waals surface area contributed by atoms with Crippen LogP contribution in [0.4, 0.5) is 0 Å². The van der Waals surface area contributed by atoms with Gasteiger partial charge in [-0.1, -0.05) is 0 Å². The highest BCUT2D eigenvalue weighted by molar-refractivity contribution is 9.11. The molecule has 0 aliphatic carbocycles. The molecule has 3 heterocycles. The van der Waals surface area contributed by atoms with Crippen LogP contribution in [-0.4, -0.2) is 34.2 Å². The molecule has 5 nitrogen and oxygen atoms in total. The van der Waals surface area contributed by atoms with Crippen molar-refractivity contribution in [3.63, 3.8) is 0 Å².